The van der Waals surface area contributed by atoms with Crippen LogP contribution in [0.1, 0.15) is 42.6 Å². The van der Waals surface area contributed by atoms with Crippen LogP contribution >= 0.6 is 0 Å². The molecule has 1 atom stereocenters. The van der Waals surface area contributed by atoms with E-state index in [4.69, 9.17) is 14.1 Å². The fourth-order valence-electron chi connectivity index (χ4n) is 3.68. The van der Waals surface area contributed by atoms with E-state index in [9.17, 15) is 0 Å². The third kappa shape index (κ3) is 4.05. The molecule has 0 aliphatic rings. The summed E-state index contributed by atoms with van der Waals surface area (Å²) in [6.45, 7) is 2.67. The van der Waals surface area contributed by atoms with Crippen LogP contribution < -0.4 is 4.74 Å². The van der Waals surface area contributed by atoms with Crippen LogP contribution in [0.5, 0.6) is 5.75 Å². The monoisotopic (exact) mass is 414 g/mol. The van der Waals surface area contributed by atoms with E-state index in [2.05, 4.69) is 44.7 Å². The van der Waals surface area contributed by atoms with Crippen LogP contribution in [-0.2, 0) is 6.61 Å². The van der Waals surface area contributed by atoms with E-state index in [0.29, 0.717) is 12.4 Å². The van der Waals surface area contributed by atoms with E-state index in [-0.39, 0.29) is 5.92 Å². The van der Waals surface area contributed by atoms with Crippen LogP contribution in [0.15, 0.2) is 65.5 Å². The maximum Gasteiger partial charge on any atom is 0.204 e. The highest BCUT2D eigenvalue weighted by atomic mass is 16.5. The zero-order valence-electron chi connectivity index (χ0n) is 17.1. The highest BCUT2D eigenvalue weighted by molar-refractivity contribution is 5.73. The lowest BCUT2D eigenvalue weighted by atomic mass is 9.94. The Morgan fingerprint density at radius 3 is 2.58 bits per heavy atom. The standard InChI is InChI=1S/C23H22N6O2/c1-2-3-19(23-24-20-13-30-14-21(20)25-23)16-8-10-18(11-9-16)31-12-15-4-6-17(7-5-15)22-26-28-29-27-22/h4-11,13-14,19H,2-3,12H2,1H3,(H,24,25)(H,26,27,28,29). The number of hydrogen-bond acceptors (Lipinski definition) is 6. The van der Waals surface area contributed by atoms with Crippen molar-refractivity contribution >= 4 is 11.0 Å². The number of furan rings is 1. The van der Waals surface area contributed by atoms with Crippen LogP contribution in [0.2, 0.25) is 0 Å². The number of nitrogens with one attached hydrogen (secondary N) is 2. The molecule has 0 saturated carbocycles. The summed E-state index contributed by atoms with van der Waals surface area (Å²) in [4.78, 5) is 8.08. The summed E-state index contributed by atoms with van der Waals surface area (Å²) in [6, 6.07) is 16.2. The summed E-state index contributed by atoms with van der Waals surface area (Å²) in [5.41, 5.74) is 4.99. The van der Waals surface area contributed by atoms with E-state index < -0.39 is 0 Å². The number of nitrogens with zero attached hydrogens (tertiary/aromatic N) is 4. The van der Waals surface area contributed by atoms with Crippen molar-refractivity contribution in [2.75, 3.05) is 0 Å². The highest BCUT2D eigenvalue weighted by Gasteiger charge is 2.18. The average molecular weight is 414 g/mol. The van der Waals surface area contributed by atoms with E-state index in [1.807, 2.05) is 36.4 Å². The van der Waals surface area contributed by atoms with Crippen molar-refractivity contribution in [1.82, 2.24) is 30.6 Å². The minimum absolute atomic E-state index is 0.212. The molecule has 31 heavy (non-hydrogen) atoms. The van der Waals surface area contributed by atoms with Crippen LogP contribution in [0.4, 0.5) is 0 Å². The second kappa shape index (κ2) is 8.43. The first kappa shape index (κ1) is 19.0. The van der Waals surface area contributed by atoms with Crippen LogP contribution in [0.3, 0.4) is 0 Å². The predicted molar refractivity (Wildman–Crippen MR) is 115 cm³/mol. The number of benzene rings is 2. The summed E-state index contributed by atoms with van der Waals surface area (Å²) >= 11 is 0. The van der Waals surface area contributed by atoms with Crippen LogP contribution in [-0.4, -0.2) is 30.6 Å². The Hall–Kier alpha value is -3.94. The SMILES string of the molecule is CCCC(c1ccc(OCc2ccc(-c3nn[nH]n3)cc2)cc1)c1nc2cocc2[nH]1. The maximum atomic E-state index is 5.97. The lowest BCUT2D eigenvalue weighted by Gasteiger charge is -2.15. The van der Waals surface area contributed by atoms with Gasteiger partial charge in [-0.2, -0.15) is 5.21 Å². The Kier molecular flexibility index (Phi) is 5.18. The molecule has 0 saturated heterocycles. The first-order valence-corrected chi connectivity index (χ1v) is 10.3. The highest BCUT2D eigenvalue weighted by Crippen LogP contribution is 2.30. The molecule has 8 nitrogen and oxygen atoms in total. The molecular formula is C23H22N6O2. The number of tetrazole rings is 1. The predicted octanol–water partition coefficient (Wildman–Crippen LogP) is 4.85. The van der Waals surface area contributed by atoms with Crippen molar-refractivity contribution in [1.29, 1.82) is 0 Å². The molecule has 0 fully saturated rings. The molecule has 5 rings (SSSR count). The molecule has 0 amide bonds. The second-order valence-electron chi connectivity index (χ2n) is 7.42. The Balaban J connectivity index is 1.26. The van der Waals surface area contributed by atoms with E-state index in [0.717, 1.165) is 46.6 Å². The quantitative estimate of drug-likeness (QED) is 0.376. The van der Waals surface area contributed by atoms with Gasteiger partial charge in [0.2, 0.25) is 5.82 Å². The van der Waals surface area contributed by atoms with Gasteiger partial charge in [0.15, 0.2) is 0 Å². The molecule has 0 radical (unpaired) electrons. The van der Waals surface area contributed by atoms with E-state index >= 15 is 0 Å². The van der Waals surface area contributed by atoms with Gasteiger partial charge in [-0.05, 0) is 34.9 Å². The van der Waals surface area contributed by atoms with Gasteiger partial charge < -0.3 is 14.1 Å². The molecule has 2 N–H and O–H groups in total. The Morgan fingerprint density at radius 2 is 1.87 bits per heavy atom. The Morgan fingerprint density at radius 1 is 1.03 bits per heavy atom. The molecule has 156 valence electrons. The number of ether oxygens (including phenoxy) is 1. The molecular weight excluding hydrogens is 392 g/mol. The largest absolute Gasteiger partial charge is 0.489 e. The van der Waals surface area contributed by atoms with E-state index in [1.165, 1.54) is 5.56 Å². The van der Waals surface area contributed by atoms with Gasteiger partial charge in [0, 0.05) is 11.5 Å². The van der Waals surface area contributed by atoms with E-state index in [1.54, 1.807) is 12.5 Å². The zero-order valence-corrected chi connectivity index (χ0v) is 17.1. The molecule has 0 bridgehead atoms. The summed E-state index contributed by atoms with van der Waals surface area (Å²) in [5, 5.41) is 14.0. The lowest BCUT2D eigenvalue weighted by molar-refractivity contribution is 0.306. The van der Waals surface area contributed by atoms with Crippen molar-refractivity contribution in [3.05, 3.63) is 78.0 Å². The summed E-state index contributed by atoms with van der Waals surface area (Å²) in [6.07, 6.45) is 5.45. The van der Waals surface area contributed by atoms with Crippen molar-refractivity contribution in [3.8, 4) is 17.1 Å². The molecule has 1 unspecified atom stereocenters. The molecule has 0 spiro atoms. The van der Waals surface area contributed by atoms with Crippen molar-refractivity contribution in [2.45, 2.75) is 32.3 Å². The number of fused-ring (bicyclic) bond motifs is 1. The third-order valence-corrected chi connectivity index (χ3v) is 5.30. The summed E-state index contributed by atoms with van der Waals surface area (Å²) < 4.78 is 11.2. The van der Waals surface area contributed by atoms with Gasteiger partial charge in [-0.25, -0.2) is 4.98 Å². The van der Waals surface area contributed by atoms with Gasteiger partial charge in [-0.15, -0.1) is 10.2 Å². The van der Waals surface area contributed by atoms with Gasteiger partial charge in [0.25, 0.3) is 0 Å². The van der Waals surface area contributed by atoms with Gasteiger partial charge in [-0.1, -0.05) is 49.7 Å². The number of H-pyrrole nitrogens is 2. The smallest absolute Gasteiger partial charge is 0.204 e. The molecule has 8 heteroatoms. The normalized spacial score (nSPS) is 12.3. The van der Waals surface area contributed by atoms with Crippen molar-refractivity contribution in [3.63, 3.8) is 0 Å². The Bertz CT molecular complexity index is 1210. The number of rotatable bonds is 8. The minimum atomic E-state index is 0.212. The molecule has 2 aromatic carbocycles. The zero-order chi connectivity index (χ0) is 21.0. The first-order chi connectivity index (χ1) is 15.3. The molecule has 5 aromatic rings. The lowest BCUT2D eigenvalue weighted by Crippen LogP contribution is -2.03. The van der Waals surface area contributed by atoms with Crippen molar-refractivity contribution < 1.29 is 9.15 Å². The average Bonchev–Trinajstić information content (AvgIpc) is 3.55. The maximum absolute atomic E-state index is 5.97. The summed E-state index contributed by atoms with van der Waals surface area (Å²) in [5.74, 6) is 2.59. The van der Waals surface area contributed by atoms with Gasteiger partial charge in [-0.3, -0.25) is 0 Å². The van der Waals surface area contributed by atoms with Crippen LogP contribution in [0, 0.1) is 0 Å². The van der Waals surface area contributed by atoms with Gasteiger partial charge in [0.05, 0.1) is 0 Å². The summed E-state index contributed by atoms with van der Waals surface area (Å²) in [7, 11) is 0. The fraction of sp³-hybridized carbons (Fsp3) is 0.217. The fourth-order valence-corrected chi connectivity index (χ4v) is 3.68. The topological polar surface area (TPSA) is 106 Å². The van der Waals surface area contributed by atoms with Crippen LogP contribution in [0.25, 0.3) is 22.4 Å². The van der Waals surface area contributed by atoms with Gasteiger partial charge >= 0.3 is 0 Å². The number of hydrogen-bond donors (Lipinski definition) is 2. The molecule has 0 aliphatic carbocycles. The molecule has 3 aromatic heterocycles. The van der Waals surface area contributed by atoms with Gasteiger partial charge in [0.1, 0.15) is 41.7 Å². The first-order valence-electron chi connectivity index (χ1n) is 10.3. The van der Waals surface area contributed by atoms with Crippen molar-refractivity contribution in [2.24, 2.45) is 0 Å². The Labute approximate surface area is 178 Å². The minimum Gasteiger partial charge on any atom is -0.489 e. The number of aromatic amines is 2. The second-order valence-corrected chi connectivity index (χ2v) is 7.42. The molecule has 0 aliphatic heterocycles. The third-order valence-electron chi connectivity index (χ3n) is 5.30. The molecule has 3 heterocycles. The number of imidazole rings is 1. The number of aromatic nitrogens is 6.